The molecule has 2 N–H and O–H groups in total. The summed E-state index contributed by atoms with van der Waals surface area (Å²) in [4.78, 5) is 15.6. The van der Waals surface area contributed by atoms with Gasteiger partial charge in [-0.05, 0) is 19.4 Å². The molecule has 0 aliphatic carbocycles. The zero-order valence-corrected chi connectivity index (χ0v) is 13.8. The number of hydrogen-bond donors (Lipinski definition) is 1. The lowest BCUT2D eigenvalue weighted by molar-refractivity contribution is -0.119. The number of aromatic nitrogens is 3. The van der Waals surface area contributed by atoms with E-state index in [4.69, 9.17) is 10.5 Å². The van der Waals surface area contributed by atoms with Crippen LogP contribution in [0.15, 0.2) is 0 Å². The first-order valence-electron chi connectivity index (χ1n) is 8.32. The Hall–Kier alpha value is -1.51. The first kappa shape index (κ1) is 16.4. The van der Waals surface area contributed by atoms with E-state index in [0.717, 1.165) is 70.4 Å². The highest BCUT2D eigenvalue weighted by Gasteiger charge is 2.27. The summed E-state index contributed by atoms with van der Waals surface area (Å²) in [7, 11) is 2.04. The summed E-state index contributed by atoms with van der Waals surface area (Å²) >= 11 is 0. The Labute approximate surface area is 136 Å². The minimum absolute atomic E-state index is 0.267. The van der Waals surface area contributed by atoms with Crippen molar-refractivity contribution in [3.8, 4) is 0 Å². The van der Waals surface area contributed by atoms with Gasteiger partial charge in [-0.25, -0.2) is 0 Å². The second kappa shape index (κ2) is 7.37. The topological polar surface area (TPSA) is 89.5 Å². The van der Waals surface area contributed by atoms with E-state index in [9.17, 15) is 4.79 Å². The summed E-state index contributed by atoms with van der Waals surface area (Å²) in [6.07, 6.45) is 2.14. The quantitative estimate of drug-likeness (QED) is 0.772. The van der Waals surface area contributed by atoms with Crippen LogP contribution in [-0.4, -0.2) is 76.4 Å². The standard InChI is InChI=1S/C15H26N6O2/c1-19-14(11-20-5-7-23-8-6-20)17-18-15(19)12-3-2-4-21(9-12)10-13(16)22/h12H,2-11H2,1H3,(H2,16,22)/t12-/m1/s1. The summed E-state index contributed by atoms with van der Waals surface area (Å²) in [5.41, 5.74) is 5.32. The first-order valence-corrected chi connectivity index (χ1v) is 8.32. The van der Waals surface area contributed by atoms with Crippen molar-refractivity contribution in [2.75, 3.05) is 45.9 Å². The molecule has 2 fully saturated rings. The molecule has 0 unspecified atom stereocenters. The number of carbonyl (C=O) groups excluding carboxylic acids is 1. The summed E-state index contributed by atoms with van der Waals surface area (Å²) in [5.74, 6) is 2.06. The van der Waals surface area contributed by atoms with Crippen molar-refractivity contribution in [2.45, 2.75) is 25.3 Å². The van der Waals surface area contributed by atoms with Crippen molar-refractivity contribution < 1.29 is 9.53 Å². The minimum Gasteiger partial charge on any atom is -0.379 e. The van der Waals surface area contributed by atoms with E-state index in [2.05, 4.69) is 24.6 Å². The summed E-state index contributed by atoms with van der Waals surface area (Å²) < 4.78 is 7.50. The van der Waals surface area contributed by atoms with Crippen LogP contribution in [-0.2, 0) is 23.1 Å². The predicted molar refractivity (Wildman–Crippen MR) is 84.7 cm³/mol. The molecule has 128 valence electrons. The van der Waals surface area contributed by atoms with Gasteiger partial charge in [0, 0.05) is 32.6 Å². The number of primary amides is 1. The van der Waals surface area contributed by atoms with Crippen LogP contribution in [0.4, 0.5) is 0 Å². The van der Waals surface area contributed by atoms with E-state index in [1.165, 1.54) is 0 Å². The molecule has 8 nitrogen and oxygen atoms in total. The van der Waals surface area contributed by atoms with Crippen LogP contribution < -0.4 is 5.73 Å². The van der Waals surface area contributed by atoms with E-state index in [1.54, 1.807) is 0 Å². The molecular formula is C15H26N6O2. The van der Waals surface area contributed by atoms with Gasteiger partial charge in [0.1, 0.15) is 11.6 Å². The number of piperidine rings is 1. The van der Waals surface area contributed by atoms with E-state index < -0.39 is 0 Å². The van der Waals surface area contributed by atoms with Gasteiger partial charge in [-0.3, -0.25) is 14.6 Å². The molecule has 8 heteroatoms. The number of hydrogen-bond acceptors (Lipinski definition) is 6. The maximum Gasteiger partial charge on any atom is 0.231 e. The zero-order chi connectivity index (χ0) is 16.2. The SMILES string of the molecule is Cn1c(CN2CCOCC2)nnc1[C@@H]1CCCN(CC(N)=O)C1. The summed E-state index contributed by atoms with van der Waals surface area (Å²) in [6, 6.07) is 0. The lowest BCUT2D eigenvalue weighted by atomic mass is 9.97. The molecule has 1 aromatic rings. The Morgan fingerprint density at radius 1 is 1.26 bits per heavy atom. The van der Waals surface area contributed by atoms with Gasteiger partial charge in [0.15, 0.2) is 0 Å². The largest absolute Gasteiger partial charge is 0.379 e. The van der Waals surface area contributed by atoms with Crippen LogP contribution >= 0.6 is 0 Å². The number of carbonyl (C=O) groups is 1. The smallest absolute Gasteiger partial charge is 0.231 e. The maximum absolute atomic E-state index is 11.1. The number of rotatable bonds is 5. The van der Waals surface area contributed by atoms with Crippen LogP contribution in [0.5, 0.6) is 0 Å². The van der Waals surface area contributed by atoms with Gasteiger partial charge in [0.05, 0.1) is 26.3 Å². The number of nitrogens with zero attached hydrogens (tertiary/aromatic N) is 5. The van der Waals surface area contributed by atoms with Crippen molar-refractivity contribution in [1.82, 2.24) is 24.6 Å². The van der Waals surface area contributed by atoms with Gasteiger partial charge in [-0.15, -0.1) is 10.2 Å². The van der Waals surface area contributed by atoms with Crippen LogP contribution in [0, 0.1) is 0 Å². The fourth-order valence-corrected chi connectivity index (χ4v) is 3.46. The Morgan fingerprint density at radius 2 is 2.04 bits per heavy atom. The lowest BCUT2D eigenvalue weighted by Gasteiger charge is -2.31. The van der Waals surface area contributed by atoms with Gasteiger partial charge in [-0.2, -0.15) is 0 Å². The summed E-state index contributed by atoms with van der Waals surface area (Å²) in [6.45, 7) is 6.35. The average molecular weight is 322 g/mol. The molecule has 23 heavy (non-hydrogen) atoms. The molecular weight excluding hydrogens is 296 g/mol. The molecule has 0 radical (unpaired) electrons. The van der Waals surface area contributed by atoms with Gasteiger partial charge >= 0.3 is 0 Å². The van der Waals surface area contributed by atoms with Crippen molar-refractivity contribution in [3.63, 3.8) is 0 Å². The van der Waals surface area contributed by atoms with Crippen molar-refractivity contribution in [3.05, 3.63) is 11.6 Å². The highest BCUT2D eigenvalue weighted by Crippen LogP contribution is 2.25. The molecule has 2 aliphatic rings. The molecule has 2 aliphatic heterocycles. The monoisotopic (exact) mass is 322 g/mol. The van der Waals surface area contributed by atoms with Gasteiger partial charge in [0.2, 0.25) is 5.91 Å². The van der Waals surface area contributed by atoms with Crippen LogP contribution in [0.1, 0.15) is 30.4 Å². The Morgan fingerprint density at radius 3 is 2.78 bits per heavy atom. The maximum atomic E-state index is 11.1. The molecule has 0 aromatic carbocycles. The molecule has 0 bridgehead atoms. The fourth-order valence-electron chi connectivity index (χ4n) is 3.46. The number of ether oxygens (including phenoxy) is 1. The highest BCUT2D eigenvalue weighted by molar-refractivity contribution is 5.75. The first-order chi connectivity index (χ1) is 11.1. The third kappa shape index (κ3) is 4.07. The molecule has 1 amide bonds. The van der Waals surface area contributed by atoms with Crippen LogP contribution in [0.3, 0.4) is 0 Å². The highest BCUT2D eigenvalue weighted by atomic mass is 16.5. The lowest BCUT2D eigenvalue weighted by Crippen LogP contribution is -2.40. The Bertz CT molecular complexity index is 540. The fraction of sp³-hybridized carbons (Fsp3) is 0.800. The third-order valence-electron chi connectivity index (χ3n) is 4.72. The molecule has 1 atom stereocenters. The third-order valence-corrected chi connectivity index (χ3v) is 4.72. The normalized spacial score (nSPS) is 24.0. The molecule has 0 spiro atoms. The summed E-state index contributed by atoms with van der Waals surface area (Å²) in [5, 5.41) is 8.82. The molecule has 2 saturated heterocycles. The molecule has 0 saturated carbocycles. The van der Waals surface area contributed by atoms with E-state index in [0.29, 0.717) is 12.5 Å². The van der Waals surface area contributed by atoms with Gasteiger partial charge in [-0.1, -0.05) is 0 Å². The molecule has 3 heterocycles. The molecule has 3 rings (SSSR count). The second-order valence-corrected chi connectivity index (χ2v) is 6.46. The zero-order valence-electron chi connectivity index (χ0n) is 13.8. The minimum atomic E-state index is -0.267. The predicted octanol–water partition coefficient (Wildman–Crippen LogP) is -0.688. The number of morpholine rings is 1. The molecule has 1 aromatic heterocycles. The van der Waals surface area contributed by atoms with Gasteiger partial charge < -0.3 is 15.0 Å². The number of likely N-dealkylation sites (tertiary alicyclic amines) is 1. The van der Waals surface area contributed by atoms with Crippen molar-refractivity contribution >= 4 is 5.91 Å². The van der Waals surface area contributed by atoms with Gasteiger partial charge in [0.25, 0.3) is 0 Å². The van der Waals surface area contributed by atoms with E-state index in [-0.39, 0.29) is 5.91 Å². The van der Waals surface area contributed by atoms with Crippen LogP contribution in [0.2, 0.25) is 0 Å². The second-order valence-electron chi connectivity index (χ2n) is 6.46. The number of amides is 1. The average Bonchev–Trinajstić information content (AvgIpc) is 2.89. The van der Waals surface area contributed by atoms with Crippen LogP contribution in [0.25, 0.3) is 0 Å². The Balaban J connectivity index is 1.64. The van der Waals surface area contributed by atoms with E-state index >= 15 is 0 Å². The Kier molecular flexibility index (Phi) is 5.24. The van der Waals surface area contributed by atoms with Crippen molar-refractivity contribution in [2.24, 2.45) is 12.8 Å². The number of nitrogens with two attached hydrogens (primary N) is 1. The van der Waals surface area contributed by atoms with Crippen molar-refractivity contribution in [1.29, 1.82) is 0 Å². The van der Waals surface area contributed by atoms with E-state index in [1.807, 2.05) is 7.05 Å².